The van der Waals surface area contributed by atoms with E-state index in [4.69, 9.17) is 24.9 Å². The van der Waals surface area contributed by atoms with Gasteiger partial charge in [0.1, 0.15) is 0 Å². The number of rotatable bonds is 6. The van der Waals surface area contributed by atoms with Crippen LogP contribution in [0.15, 0.2) is 194 Å². The third kappa shape index (κ3) is 5.80. The van der Waals surface area contributed by atoms with Crippen LogP contribution in [0.4, 0.5) is 0 Å². The predicted molar refractivity (Wildman–Crippen MR) is 263 cm³/mol. The number of hydrogen-bond acceptors (Lipinski definition) is 7. The Morgan fingerprint density at radius 1 is 0.349 bits per heavy atom. The SMILES string of the molecule is c1ccc(-c2nc(-c3ccc4c(c3)sc3c(-c5nc(-c6ccccc6)c6sc7ccccc7c6n5)cccc34)nc(-n3c4ccccc4c4c(-c5ccccc5)cccc43)n2)cc1. The number of fused-ring (bicyclic) bond motifs is 9. The van der Waals surface area contributed by atoms with Gasteiger partial charge in [-0.05, 0) is 41.5 Å². The predicted octanol–water partition coefficient (Wildman–Crippen LogP) is 14.8. The van der Waals surface area contributed by atoms with E-state index < -0.39 is 0 Å². The molecule has 0 aliphatic heterocycles. The number of nitrogens with zero attached hydrogens (tertiary/aromatic N) is 6. The van der Waals surface area contributed by atoms with Gasteiger partial charge in [-0.25, -0.2) is 15.0 Å². The summed E-state index contributed by atoms with van der Waals surface area (Å²) in [4.78, 5) is 26.4. The highest BCUT2D eigenvalue weighted by Gasteiger charge is 2.22. The van der Waals surface area contributed by atoms with Crippen molar-refractivity contribution in [3.63, 3.8) is 0 Å². The fourth-order valence-electron chi connectivity index (χ4n) is 9.02. The highest BCUT2D eigenvalue weighted by Crippen LogP contribution is 2.44. The molecule has 6 nitrogen and oxygen atoms in total. The molecule has 294 valence electrons. The lowest BCUT2D eigenvalue weighted by atomic mass is 9.99. The lowest BCUT2D eigenvalue weighted by Gasteiger charge is -2.11. The van der Waals surface area contributed by atoms with E-state index in [1.54, 1.807) is 22.7 Å². The number of benzene rings is 8. The molecule has 13 rings (SSSR count). The fourth-order valence-corrected chi connectivity index (χ4v) is 11.4. The van der Waals surface area contributed by atoms with Crippen LogP contribution in [0, 0.1) is 0 Å². The van der Waals surface area contributed by atoms with E-state index in [0.29, 0.717) is 17.6 Å². The first-order valence-electron chi connectivity index (χ1n) is 20.8. The minimum absolute atomic E-state index is 0.566. The Bertz CT molecular complexity index is 3910. The summed E-state index contributed by atoms with van der Waals surface area (Å²) < 4.78 is 6.77. The molecule has 0 amide bonds. The summed E-state index contributed by atoms with van der Waals surface area (Å²) in [6.07, 6.45) is 0. The monoisotopic (exact) mass is 840 g/mol. The molecule has 5 aromatic heterocycles. The first-order chi connectivity index (χ1) is 31.2. The highest BCUT2D eigenvalue weighted by molar-refractivity contribution is 7.26. The van der Waals surface area contributed by atoms with Gasteiger partial charge in [0.2, 0.25) is 5.95 Å². The van der Waals surface area contributed by atoms with E-state index >= 15 is 0 Å². The molecule has 0 aliphatic carbocycles. The van der Waals surface area contributed by atoms with Crippen molar-refractivity contribution in [2.45, 2.75) is 0 Å². The molecule has 0 aliphatic rings. The molecular weight excluding hydrogens is 809 g/mol. The van der Waals surface area contributed by atoms with Crippen molar-refractivity contribution in [2.75, 3.05) is 0 Å². The van der Waals surface area contributed by atoms with Crippen LogP contribution in [0.2, 0.25) is 0 Å². The molecule has 8 aromatic carbocycles. The van der Waals surface area contributed by atoms with Gasteiger partial charge in [0.25, 0.3) is 0 Å². The first kappa shape index (κ1) is 35.8. The molecule has 0 atom stereocenters. The van der Waals surface area contributed by atoms with Gasteiger partial charge in [-0.2, -0.15) is 9.97 Å². The van der Waals surface area contributed by atoms with E-state index in [9.17, 15) is 0 Å². The van der Waals surface area contributed by atoms with Gasteiger partial charge in [0.15, 0.2) is 17.5 Å². The van der Waals surface area contributed by atoms with E-state index in [-0.39, 0.29) is 0 Å². The minimum Gasteiger partial charge on any atom is -0.278 e. The van der Waals surface area contributed by atoms with Crippen molar-refractivity contribution in [3.8, 4) is 62.5 Å². The maximum atomic E-state index is 5.34. The largest absolute Gasteiger partial charge is 0.278 e. The number of thiophene rings is 2. The average molecular weight is 841 g/mol. The lowest BCUT2D eigenvalue weighted by Crippen LogP contribution is -2.06. The van der Waals surface area contributed by atoms with Gasteiger partial charge in [-0.1, -0.05) is 164 Å². The molecule has 63 heavy (non-hydrogen) atoms. The number of para-hydroxylation sites is 1. The third-order valence-corrected chi connectivity index (χ3v) is 14.3. The quantitative estimate of drug-likeness (QED) is 0.167. The van der Waals surface area contributed by atoms with E-state index in [1.807, 2.05) is 24.3 Å². The zero-order valence-electron chi connectivity index (χ0n) is 33.5. The summed E-state index contributed by atoms with van der Waals surface area (Å²) in [5, 5.41) is 5.79. The molecule has 5 heterocycles. The highest BCUT2D eigenvalue weighted by atomic mass is 32.1. The van der Waals surface area contributed by atoms with Crippen LogP contribution in [0.5, 0.6) is 0 Å². The Morgan fingerprint density at radius 3 is 1.78 bits per heavy atom. The van der Waals surface area contributed by atoms with Crippen LogP contribution < -0.4 is 0 Å². The molecule has 13 aromatic rings. The van der Waals surface area contributed by atoms with Crippen molar-refractivity contribution in [1.29, 1.82) is 0 Å². The molecule has 0 bridgehead atoms. The smallest absolute Gasteiger partial charge is 0.238 e. The second-order valence-corrected chi connectivity index (χ2v) is 17.7. The van der Waals surface area contributed by atoms with E-state index in [1.165, 1.54) is 21.0 Å². The van der Waals surface area contributed by atoms with Gasteiger partial charge >= 0.3 is 0 Å². The van der Waals surface area contributed by atoms with Crippen LogP contribution in [-0.2, 0) is 0 Å². The summed E-state index contributed by atoms with van der Waals surface area (Å²) in [6.45, 7) is 0. The maximum Gasteiger partial charge on any atom is 0.238 e. The zero-order valence-corrected chi connectivity index (χ0v) is 35.1. The molecular formula is C55H32N6S2. The summed E-state index contributed by atoms with van der Waals surface area (Å²) >= 11 is 3.51. The van der Waals surface area contributed by atoms with Crippen molar-refractivity contribution in [1.82, 2.24) is 29.5 Å². The Hall–Kier alpha value is -7.91. The molecule has 0 unspecified atom stereocenters. The number of hydrogen-bond donors (Lipinski definition) is 0. The van der Waals surface area contributed by atoms with Gasteiger partial charge in [-0.3, -0.25) is 4.57 Å². The topological polar surface area (TPSA) is 69.4 Å². The summed E-state index contributed by atoms with van der Waals surface area (Å²) in [7, 11) is 0. The van der Waals surface area contributed by atoms with E-state index in [0.717, 1.165) is 86.1 Å². The van der Waals surface area contributed by atoms with Gasteiger partial charge in [0, 0.05) is 63.3 Å². The Kier molecular flexibility index (Phi) is 8.15. The van der Waals surface area contributed by atoms with Gasteiger partial charge in [-0.15, -0.1) is 22.7 Å². The zero-order chi connectivity index (χ0) is 41.4. The summed E-state index contributed by atoms with van der Waals surface area (Å²) in [6, 6.07) is 67.8. The molecule has 0 spiro atoms. The van der Waals surface area contributed by atoms with Crippen molar-refractivity contribution >= 4 is 85.0 Å². The lowest BCUT2D eigenvalue weighted by molar-refractivity contribution is 0.954. The molecule has 0 radical (unpaired) electrons. The molecule has 0 saturated heterocycles. The second-order valence-electron chi connectivity index (χ2n) is 15.6. The summed E-state index contributed by atoms with van der Waals surface area (Å²) in [5.74, 6) is 2.51. The Labute approximate surface area is 369 Å². The van der Waals surface area contributed by atoms with Crippen molar-refractivity contribution in [2.24, 2.45) is 0 Å². The molecule has 8 heteroatoms. The standard InChI is InChI=1S/C55H32N6S2/c1-4-16-33(17-5-1)37-24-15-28-44-47(37)40-22-10-12-27-43(40)61(44)55-59-52(35-20-8-3-9-21-35)58-53(60-55)36-30-31-38-39-25-14-26-42(50(39)63-46(38)32-36)54-56-48(34-18-6-2-7-19-34)51-49(57-54)41-23-11-13-29-45(41)62-51/h1-32H. The van der Waals surface area contributed by atoms with E-state index in [2.05, 4.69) is 174 Å². The van der Waals surface area contributed by atoms with Crippen molar-refractivity contribution in [3.05, 3.63) is 194 Å². The minimum atomic E-state index is 0.566. The van der Waals surface area contributed by atoms with Crippen LogP contribution in [0.1, 0.15) is 0 Å². The number of aromatic nitrogens is 6. The molecule has 0 N–H and O–H groups in total. The molecule has 0 fully saturated rings. The van der Waals surface area contributed by atoms with Crippen molar-refractivity contribution < 1.29 is 0 Å². The van der Waals surface area contributed by atoms with Gasteiger partial charge < -0.3 is 0 Å². The third-order valence-electron chi connectivity index (χ3n) is 11.9. The first-order valence-corrected chi connectivity index (χ1v) is 22.5. The maximum absolute atomic E-state index is 5.34. The van der Waals surface area contributed by atoms with Crippen LogP contribution in [0.3, 0.4) is 0 Å². The van der Waals surface area contributed by atoms with Crippen LogP contribution in [0.25, 0.3) is 125 Å². The van der Waals surface area contributed by atoms with Gasteiger partial charge in [0.05, 0.1) is 26.9 Å². The van der Waals surface area contributed by atoms with Crippen LogP contribution >= 0.6 is 22.7 Å². The second kappa shape index (κ2) is 14.3. The molecule has 0 saturated carbocycles. The average Bonchev–Trinajstić information content (AvgIpc) is 4.04. The summed E-state index contributed by atoms with van der Waals surface area (Å²) in [5.41, 5.74) is 10.3. The normalized spacial score (nSPS) is 11.8. The Balaban J connectivity index is 1.00. The van der Waals surface area contributed by atoms with Crippen LogP contribution in [-0.4, -0.2) is 29.5 Å². The Morgan fingerprint density at radius 2 is 0.968 bits per heavy atom. The fraction of sp³-hybridized carbons (Fsp3) is 0.